The number of hydrogen-bond acceptors (Lipinski definition) is 2. The second kappa shape index (κ2) is 6.77. The molecular weight excluding hydrogens is 300 g/mol. The molecular formula is C18H17F2NO2. The fraction of sp³-hybridized carbons (Fsp3) is 0.278. The molecule has 1 aliphatic rings. The number of carbonyl (C=O) groups is 1. The second-order valence-electron chi connectivity index (χ2n) is 5.57. The molecule has 0 saturated heterocycles. The summed E-state index contributed by atoms with van der Waals surface area (Å²) in [5.74, 6) is -0.117. The lowest BCUT2D eigenvalue weighted by Crippen LogP contribution is -2.30. The van der Waals surface area contributed by atoms with Crippen LogP contribution < -0.4 is 10.1 Å². The topological polar surface area (TPSA) is 38.3 Å². The lowest BCUT2D eigenvalue weighted by molar-refractivity contribution is -0.0501. The summed E-state index contributed by atoms with van der Waals surface area (Å²) in [5, 5.41) is 2.96. The number of rotatable bonds is 6. The Balaban J connectivity index is 1.80. The second-order valence-corrected chi connectivity index (χ2v) is 5.57. The molecule has 2 aromatic rings. The number of nitrogens with one attached hydrogen (secondary N) is 1. The SMILES string of the molecule is O=C(NC(c1ccccc1)C1CC1)c1ccccc1OC(F)F. The summed E-state index contributed by atoms with van der Waals surface area (Å²) < 4.78 is 29.4. The zero-order valence-corrected chi connectivity index (χ0v) is 12.4. The molecule has 0 aliphatic heterocycles. The number of ether oxygens (including phenoxy) is 1. The normalized spacial score (nSPS) is 15.3. The van der Waals surface area contributed by atoms with Crippen LogP contribution in [0.3, 0.4) is 0 Å². The molecule has 3 rings (SSSR count). The fourth-order valence-corrected chi connectivity index (χ4v) is 2.64. The van der Waals surface area contributed by atoms with Crippen molar-refractivity contribution in [1.82, 2.24) is 5.32 Å². The molecule has 1 N–H and O–H groups in total. The summed E-state index contributed by atoms with van der Waals surface area (Å²) in [6.07, 6.45) is 2.10. The average Bonchev–Trinajstić information content (AvgIpc) is 3.38. The molecule has 1 amide bonds. The van der Waals surface area contributed by atoms with Crippen LogP contribution in [0.5, 0.6) is 5.75 Å². The number of hydrogen-bond donors (Lipinski definition) is 1. The van der Waals surface area contributed by atoms with Gasteiger partial charge in [-0.15, -0.1) is 0 Å². The third kappa shape index (κ3) is 3.86. The van der Waals surface area contributed by atoms with Gasteiger partial charge < -0.3 is 10.1 Å². The van der Waals surface area contributed by atoms with E-state index in [1.165, 1.54) is 12.1 Å². The molecule has 1 unspecified atom stereocenters. The van der Waals surface area contributed by atoms with Crippen molar-refractivity contribution in [2.24, 2.45) is 5.92 Å². The Labute approximate surface area is 133 Å². The van der Waals surface area contributed by atoms with E-state index < -0.39 is 12.5 Å². The van der Waals surface area contributed by atoms with E-state index in [0.29, 0.717) is 5.92 Å². The van der Waals surface area contributed by atoms with Crippen molar-refractivity contribution < 1.29 is 18.3 Å². The lowest BCUT2D eigenvalue weighted by Gasteiger charge is -2.20. The third-order valence-electron chi connectivity index (χ3n) is 3.89. The molecule has 0 aromatic heterocycles. The van der Waals surface area contributed by atoms with Gasteiger partial charge in [-0.3, -0.25) is 4.79 Å². The minimum absolute atomic E-state index is 0.108. The van der Waals surface area contributed by atoms with Gasteiger partial charge in [-0.25, -0.2) is 0 Å². The van der Waals surface area contributed by atoms with Crippen molar-refractivity contribution >= 4 is 5.91 Å². The molecule has 1 saturated carbocycles. The molecule has 120 valence electrons. The summed E-state index contributed by atoms with van der Waals surface area (Å²) in [5.41, 5.74) is 1.14. The maximum Gasteiger partial charge on any atom is 0.387 e. The Morgan fingerprint density at radius 2 is 1.70 bits per heavy atom. The van der Waals surface area contributed by atoms with Gasteiger partial charge in [0, 0.05) is 0 Å². The van der Waals surface area contributed by atoms with Crippen LogP contribution in [-0.4, -0.2) is 12.5 Å². The average molecular weight is 317 g/mol. The Bertz CT molecular complexity index is 672. The zero-order chi connectivity index (χ0) is 16.2. The summed E-state index contributed by atoms with van der Waals surface area (Å²) in [7, 11) is 0. The van der Waals surface area contributed by atoms with E-state index in [0.717, 1.165) is 18.4 Å². The minimum atomic E-state index is -2.96. The van der Waals surface area contributed by atoms with Crippen LogP contribution in [0, 0.1) is 5.92 Å². The van der Waals surface area contributed by atoms with Crippen molar-refractivity contribution in [2.75, 3.05) is 0 Å². The zero-order valence-electron chi connectivity index (χ0n) is 12.4. The van der Waals surface area contributed by atoms with Gasteiger partial charge in [0.2, 0.25) is 0 Å². The van der Waals surface area contributed by atoms with Crippen LogP contribution in [0.1, 0.15) is 34.8 Å². The van der Waals surface area contributed by atoms with Crippen LogP contribution >= 0.6 is 0 Å². The maximum atomic E-state index is 12.5. The van der Waals surface area contributed by atoms with E-state index in [1.807, 2.05) is 30.3 Å². The van der Waals surface area contributed by atoms with Crippen LogP contribution in [0.25, 0.3) is 0 Å². The smallest absolute Gasteiger partial charge is 0.387 e. The largest absolute Gasteiger partial charge is 0.434 e. The van der Waals surface area contributed by atoms with Crippen LogP contribution in [0.4, 0.5) is 8.78 Å². The summed E-state index contributed by atoms with van der Waals surface area (Å²) >= 11 is 0. The van der Waals surface area contributed by atoms with Gasteiger partial charge in [0.15, 0.2) is 0 Å². The molecule has 5 heteroatoms. The van der Waals surface area contributed by atoms with Gasteiger partial charge in [-0.05, 0) is 36.5 Å². The van der Waals surface area contributed by atoms with E-state index in [1.54, 1.807) is 12.1 Å². The van der Waals surface area contributed by atoms with Crippen LogP contribution in [0.15, 0.2) is 54.6 Å². The molecule has 1 fully saturated rings. The van der Waals surface area contributed by atoms with Crippen molar-refractivity contribution in [3.63, 3.8) is 0 Å². The number of benzene rings is 2. The Hall–Kier alpha value is -2.43. The third-order valence-corrected chi connectivity index (χ3v) is 3.89. The first-order valence-electron chi connectivity index (χ1n) is 7.55. The molecule has 0 bridgehead atoms. The molecule has 3 nitrogen and oxygen atoms in total. The number of carbonyl (C=O) groups excluding carboxylic acids is 1. The number of alkyl halides is 2. The van der Waals surface area contributed by atoms with Gasteiger partial charge in [-0.2, -0.15) is 8.78 Å². The Kier molecular flexibility index (Phi) is 4.55. The van der Waals surface area contributed by atoms with E-state index in [9.17, 15) is 13.6 Å². The lowest BCUT2D eigenvalue weighted by atomic mass is 10.0. The maximum absolute atomic E-state index is 12.5. The van der Waals surface area contributed by atoms with Crippen molar-refractivity contribution in [3.8, 4) is 5.75 Å². The quantitative estimate of drug-likeness (QED) is 0.868. The van der Waals surface area contributed by atoms with Gasteiger partial charge in [0.1, 0.15) is 5.75 Å². The Morgan fingerprint density at radius 1 is 1.04 bits per heavy atom. The summed E-state index contributed by atoms with van der Waals surface area (Å²) in [4.78, 5) is 12.5. The molecule has 2 aromatic carbocycles. The van der Waals surface area contributed by atoms with Gasteiger partial charge in [-0.1, -0.05) is 42.5 Å². The number of amides is 1. The van der Waals surface area contributed by atoms with E-state index in [4.69, 9.17) is 0 Å². The first-order valence-corrected chi connectivity index (χ1v) is 7.55. The first-order chi connectivity index (χ1) is 11.1. The highest BCUT2D eigenvalue weighted by molar-refractivity contribution is 5.97. The highest BCUT2D eigenvalue weighted by Crippen LogP contribution is 2.41. The molecule has 1 aliphatic carbocycles. The van der Waals surface area contributed by atoms with Crippen molar-refractivity contribution in [3.05, 3.63) is 65.7 Å². The molecule has 0 spiro atoms. The van der Waals surface area contributed by atoms with Gasteiger partial charge in [0.25, 0.3) is 5.91 Å². The van der Waals surface area contributed by atoms with Crippen LogP contribution in [-0.2, 0) is 0 Å². The predicted octanol–water partition coefficient (Wildman–Crippen LogP) is 4.17. The number of halogens is 2. The predicted molar refractivity (Wildman–Crippen MR) is 82.4 cm³/mol. The van der Waals surface area contributed by atoms with E-state index in [2.05, 4.69) is 10.1 Å². The highest BCUT2D eigenvalue weighted by Gasteiger charge is 2.33. The Morgan fingerprint density at radius 3 is 2.35 bits per heavy atom. The summed E-state index contributed by atoms with van der Waals surface area (Å²) in [6.45, 7) is -2.96. The standard InChI is InChI=1S/C18H17F2NO2/c19-18(20)23-15-9-5-4-8-14(15)17(22)21-16(13-10-11-13)12-6-2-1-3-7-12/h1-9,13,16,18H,10-11H2,(H,21,22). The van der Waals surface area contributed by atoms with E-state index in [-0.39, 0.29) is 17.4 Å². The van der Waals surface area contributed by atoms with Gasteiger partial charge >= 0.3 is 6.61 Å². The van der Waals surface area contributed by atoms with Crippen molar-refractivity contribution in [1.29, 1.82) is 0 Å². The van der Waals surface area contributed by atoms with Gasteiger partial charge in [0.05, 0.1) is 11.6 Å². The fourth-order valence-electron chi connectivity index (χ4n) is 2.64. The monoisotopic (exact) mass is 317 g/mol. The minimum Gasteiger partial charge on any atom is -0.434 e. The molecule has 0 heterocycles. The molecule has 23 heavy (non-hydrogen) atoms. The molecule has 1 atom stereocenters. The molecule has 0 radical (unpaired) electrons. The first kappa shape index (κ1) is 15.5. The van der Waals surface area contributed by atoms with E-state index >= 15 is 0 Å². The summed E-state index contributed by atoms with van der Waals surface area (Å²) in [6, 6.07) is 15.6. The van der Waals surface area contributed by atoms with Crippen molar-refractivity contribution in [2.45, 2.75) is 25.5 Å². The van der Waals surface area contributed by atoms with Crippen LogP contribution in [0.2, 0.25) is 0 Å². The highest BCUT2D eigenvalue weighted by atomic mass is 19.3. The number of para-hydroxylation sites is 1.